The number of rotatable bonds is 19. The number of para-hydroxylation sites is 2. The number of fused-ring (bicyclic) bond motifs is 1. The molecule has 5 aromatic rings. The lowest BCUT2D eigenvalue weighted by Crippen LogP contribution is -2.25. The van der Waals surface area contributed by atoms with Gasteiger partial charge >= 0.3 is 0 Å². The number of hydrogen-bond donors (Lipinski definition) is 1. The van der Waals surface area contributed by atoms with Gasteiger partial charge in [-0.2, -0.15) is 0 Å². The summed E-state index contributed by atoms with van der Waals surface area (Å²) in [7, 11) is 3.39. The number of methoxy groups -OCH3 is 2. The van der Waals surface area contributed by atoms with Gasteiger partial charge in [-0.05, 0) is 55.8 Å². The molecule has 0 unspecified atom stereocenters. The second kappa shape index (κ2) is 18.1. The van der Waals surface area contributed by atoms with Crippen LogP contribution in [0.1, 0.15) is 37.8 Å². The highest BCUT2D eigenvalue weighted by atomic mass is 16.5. The first kappa shape index (κ1) is 36.3. The Morgan fingerprint density at radius 2 is 1.24 bits per heavy atom. The van der Waals surface area contributed by atoms with E-state index in [-0.39, 0.29) is 22.1 Å². The summed E-state index contributed by atoms with van der Waals surface area (Å²) in [6, 6.07) is 26.6. The van der Waals surface area contributed by atoms with E-state index in [0.29, 0.717) is 30.1 Å². The van der Waals surface area contributed by atoms with E-state index in [1.165, 1.54) is 17.9 Å². The largest absolute Gasteiger partial charge is 0.507 e. The molecule has 0 aliphatic heterocycles. The summed E-state index contributed by atoms with van der Waals surface area (Å²) in [6.07, 6.45) is 3.08. The summed E-state index contributed by atoms with van der Waals surface area (Å²) in [6.45, 7) is 10.4. The molecule has 0 amide bonds. The molecule has 0 atom stereocenters. The fourth-order valence-corrected chi connectivity index (χ4v) is 6.02. The highest BCUT2D eigenvalue weighted by molar-refractivity contribution is 5.88. The molecule has 1 aromatic heterocycles. The zero-order valence-electron chi connectivity index (χ0n) is 29.5. The van der Waals surface area contributed by atoms with Gasteiger partial charge in [0.05, 0.1) is 33.0 Å². The van der Waals surface area contributed by atoms with Crippen LogP contribution in [0.3, 0.4) is 0 Å². The fraction of sp³-hybridized carbons (Fsp3) is 0.341. The third kappa shape index (κ3) is 9.37. The molecule has 0 saturated heterocycles. The summed E-state index contributed by atoms with van der Waals surface area (Å²) < 4.78 is 28.8. The molecule has 1 N–H and O–H groups in total. The lowest BCUT2D eigenvalue weighted by atomic mass is 10.0. The van der Waals surface area contributed by atoms with Crippen molar-refractivity contribution in [1.29, 1.82) is 0 Å². The minimum absolute atomic E-state index is 0.123. The summed E-state index contributed by atoms with van der Waals surface area (Å²) in [5, 5.41) is 11.0. The first-order valence-electron chi connectivity index (χ1n) is 17.3. The maximum Gasteiger partial charge on any atom is 0.204 e. The van der Waals surface area contributed by atoms with Gasteiger partial charge in [0.2, 0.25) is 5.43 Å². The van der Waals surface area contributed by atoms with E-state index in [2.05, 4.69) is 35.8 Å². The molecule has 0 aliphatic carbocycles. The maximum atomic E-state index is 13.5. The van der Waals surface area contributed by atoms with E-state index < -0.39 is 0 Å². The van der Waals surface area contributed by atoms with E-state index in [1.807, 2.05) is 60.7 Å². The molecule has 264 valence electrons. The molecule has 4 aromatic carbocycles. The lowest BCUT2D eigenvalue weighted by molar-refractivity contribution is 0.233. The average molecular weight is 681 g/mol. The van der Waals surface area contributed by atoms with Crippen molar-refractivity contribution in [2.45, 2.75) is 39.8 Å². The average Bonchev–Trinajstić information content (AvgIpc) is 3.14. The molecule has 1 heterocycles. The van der Waals surface area contributed by atoms with Crippen LogP contribution in [-0.2, 0) is 13.1 Å². The Kier molecular flexibility index (Phi) is 13.2. The van der Waals surface area contributed by atoms with Crippen molar-refractivity contribution >= 4 is 11.0 Å². The van der Waals surface area contributed by atoms with Crippen LogP contribution in [0.25, 0.3) is 22.1 Å². The van der Waals surface area contributed by atoms with Gasteiger partial charge in [-0.25, -0.2) is 0 Å². The van der Waals surface area contributed by atoms with Crippen LogP contribution in [0, 0.1) is 0 Å². The minimum Gasteiger partial charge on any atom is -0.507 e. The molecule has 9 heteroatoms. The SMILES string of the molecule is CCN(CCCOc1ccc(-c2coc3cc(OCCCN(CC)Cc4ccccc4OC)cc(O)c3c2=O)cc1)Cc1ccccc1OC. The standard InChI is InChI=1S/C41H48N2O7/c1-5-42(27-31-13-7-9-15-37(31)46-3)21-11-23-48-33-19-17-30(18-20-33)35-29-50-39-26-34(25-36(44)40(39)41(35)45)49-24-12-22-43(6-2)28-32-14-8-10-16-38(32)47-4/h7-10,13-20,25-26,29,44H,5-6,11-12,21-24,27-28H2,1-4H3. The Hall–Kier alpha value is -4.99. The number of phenolic OH excluding ortho intramolecular Hbond substituents is 1. The zero-order valence-corrected chi connectivity index (χ0v) is 29.5. The Morgan fingerprint density at radius 1 is 0.700 bits per heavy atom. The molecule has 50 heavy (non-hydrogen) atoms. The first-order valence-corrected chi connectivity index (χ1v) is 17.3. The van der Waals surface area contributed by atoms with Crippen molar-refractivity contribution in [3.05, 3.63) is 113 Å². The van der Waals surface area contributed by atoms with Crippen LogP contribution in [0.4, 0.5) is 0 Å². The molecular formula is C41H48N2O7. The van der Waals surface area contributed by atoms with Crippen molar-refractivity contribution < 1.29 is 28.5 Å². The second-order valence-electron chi connectivity index (χ2n) is 12.1. The van der Waals surface area contributed by atoms with Crippen LogP contribution in [0.2, 0.25) is 0 Å². The number of benzene rings is 4. The number of nitrogens with zero attached hydrogens (tertiary/aromatic N) is 2. The van der Waals surface area contributed by atoms with Gasteiger partial charge in [-0.3, -0.25) is 14.6 Å². The molecule has 0 aliphatic rings. The predicted octanol–water partition coefficient (Wildman–Crippen LogP) is 7.76. The Balaban J connectivity index is 1.13. The van der Waals surface area contributed by atoms with Crippen molar-refractivity contribution in [1.82, 2.24) is 9.80 Å². The topological polar surface area (TPSA) is 93.8 Å². The number of phenols is 1. The Labute approximate surface area is 294 Å². The van der Waals surface area contributed by atoms with Gasteiger partial charge in [0.1, 0.15) is 46.0 Å². The van der Waals surface area contributed by atoms with Crippen LogP contribution in [-0.4, -0.2) is 68.5 Å². The fourth-order valence-electron chi connectivity index (χ4n) is 6.02. The van der Waals surface area contributed by atoms with Crippen LogP contribution >= 0.6 is 0 Å². The smallest absolute Gasteiger partial charge is 0.204 e. The molecule has 0 bridgehead atoms. The van der Waals surface area contributed by atoms with E-state index in [4.69, 9.17) is 23.4 Å². The van der Waals surface area contributed by atoms with E-state index >= 15 is 0 Å². The highest BCUT2D eigenvalue weighted by Crippen LogP contribution is 2.31. The normalized spacial score (nSPS) is 11.3. The predicted molar refractivity (Wildman–Crippen MR) is 198 cm³/mol. The number of ether oxygens (including phenoxy) is 4. The quantitative estimate of drug-likeness (QED) is 0.0879. The number of hydrogen-bond acceptors (Lipinski definition) is 9. The monoisotopic (exact) mass is 680 g/mol. The third-order valence-electron chi connectivity index (χ3n) is 8.84. The first-order chi connectivity index (χ1) is 24.4. The summed E-state index contributed by atoms with van der Waals surface area (Å²) in [5.74, 6) is 2.78. The summed E-state index contributed by atoms with van der Waals surface area (Å²) >= 11 is 0. The second-order valence-corrected chi connectivity index (χ2v) is 12.1. The minimum atomic E-state index is -0.311. The van der Waals surface area contributed by atoms with E-state index in [0.717, 1.165) is 74.9 Å². The van der Waals surface area contributed by atoms with Gasteiger partial charge < -0.3 is 28.5 Å². The third-order valence-corrected chi connectivity index (χ3v) is 8.84. The summed E-state index contributed by atoms with van der Waals surface area (Å²) in [4.78, 5) is 18.2. The van der Waals surface area contributed by atoms with Gasteiger partial charge in [-0.15, -0.1) is 0 Å². The van der Waals surface area contributed by atoms with Gasteiger partial charge in [-0.1, -0.05) is 62.4 Å². The van der Waals surface area contributed by atoms with Crippen molar-refractivity contribution in [3.63, 3.8) is 0 Å². The molecular weight excluding hydrogens is 632 g/mol. The van der Waals surface area contributed by atoms with Crippen molar-refractivity contribution in [2.24, 2.45) is 0 Å². The molecule has 0 spiro atoms. The Bertz CT molecular complexity index is 1870. The zero-order chi connectivity index (χ0) is 35.3. The molecule has 0 fully saturated rings. The highest BCUT2D eigenvalue weighted by Gasteiger charge is 2.16. The lowest BCUT2D eigenvalue weighted by Gasteiger charge is -2.21. The van der Waals surface area contributed by atoms with Gasteiger partial charge in [0.15, 0.2) is 0 Å². The summed E-state index contributed by atoms with van der Waals surface area (Å²) in [5.41, 5.74) is 3.30. The van der Waals surface area contributed by atoms with Crippen LogP contribution < -0.4 is 24.4 Å². The maximum absolute atomic E-state index is 13.5. The van der Waals surface area contributed by atoms with Gasteiger partial charge in [0, 0.05) is 49.4 Å². The van der Waals surface area contributed by atoms with Gasteiger partial charge in [0.25, 0.3) is 0 Å². The number of aromatic hydroxyl groups is 1. The molecule has 5 rings (SSSR count). The van der Waals surface area contributed by atoms with Crippen LogP contribution in [0.5, 0.6) is 28.7 Å². The molecule has 0 saturated carbocycles. The molecule has 0 radical (unpaired) electrons. The van der Waals surface area contributed by atoms with Crippen LogP contribution in [0.15, 0.2) is 100 Å². The molecule has 9 nitrogen and oxygen atoms in total. The van der Waals surface area contributed by atoms with E-state index in [1.54, 1.807) is 20.3 Å². The van der Waals surface area contributed by atoms with E-state index in [9.17, 15) is 9.90 Å². The van der Waals surface area contributed by atoms with Crippen molar-refractivity contribution in [3.8, 4) is 39.9 Å². The van der Waals surface area contributed by atoms with Crippen molar-refractivity contribution in [2.75, 3.05) is 53.6 Å². The Morgan fingerprint density at radius 3 is 1.78 bits per heavy atom.